The van der Waals surface area contributed by atoms with Gasteiger partial charge in [-0.2, -0.15) is 0 Å². The fraction of sp³-hybridized carbons (Fsp3) is 0.200. The molecule has 3 aliphatic carbocycles. The highest BCUT2D eigenvalue weighted by Crippen LogP contribution is 2.62. The SMILES string of the molecule is CC12C=CC=CC1OC1=C2C(C2CCCCC2)=C2Oc3c(cccc3N(c3ccc(-c4ccccc4)cc3)c3ccc(-c4cccc5c4sc4ccccc45)cc3)C2C1. The van der Waals surface area contributed by atoms with E-state index in [1.807, 2.05) is 11.3 Å². The van der Waals surface area contributed by atoms with E-state index in [1.165, 1.54) is 97.0 Å². The van der Waals surface area contributed by atoms with Crippen molar-refractivity contribution in [3.8, 4) is 28.0 Å². The molecule has 1 saturated carbocycles. The van der Waals surface area contributed by atoms with Gasteiger partial charge in [-0.1, -0.05) is 141 Å². The number of nitrogens with zero attached hydrogens (tertiary/aromatic N) is 1. The van der Waals surface area contributed by atoms with E-state index in [0.717, 1.165) is 35.0 Å². The van der Waals surface area contributed by atoms with Crippen LogP contribution >= 0.6 is 11.3 Å². The summed E-state index contributed by atoms with van der Waals surface area (Å²) in [7, 11) is 0. The smallest absolute Gasteiger partial charge is 0.154 e. The van der Waals surface area contributed by atoms with Gasteiger partial charge >= 0.3 is 0 Å². The number of anilines is 3. The van der Waals surface area contributed by atoms with E-state index in [0.29, 0.717) is 5.92 Å². The van der Waals surface area contributed by atoms with Crippen molar-refractivity contribution < 1.29 is 9.47 Å². The second kappa shape index (κ2) is 13.7. The van der Waals surface area contributed by atoms with Crippen molar-refractivity contribution in [3.63, 3.8) is 0 Å². The molecule has 12 rings (SSSR count). The molecule has 0 amide bonds. The lowest BCUT2D eigenvalue weighted by atomic mass is 9.65. The van der Waals surface area contributed by atoms with Gasteiger partial charge in [-0.15, -0.1) is 11.3 Å². The molecular formula is C55H45NO2S. The van der Waals surface area contributed by atoms with Gasteiger partial charge in [-0.25, -0.2) is 0 Å². The summed E-state index contributed by atoms with van der Waals surface area (Å²) >= 11 is 1.88. The number of ether oxygens (including phenoxy) is 2. The minimum atomic E-state index is -0.190. The highest BCUT2D eigenvalue weighted by Gasteiger charge is 2.53. The fourth-order valence-corrected chi connectivity index (χ4v) is 12.0. The van der Waals surface area contributed by atoms with Gasteiger partial charge in [0.25, 0.3) is 0 Å². The Morgan fingerprint density at radius 3 is 2.19 bits per heavy atom. The third-order valence-corrected chi connectivity index (χ3v) is 14.9. The van der Waals surface area contributed by atoms with Crippen molar-refractivity contribution in [1.29, 1.82) is 0 Å². The standard InChI is InChI=1S/C55H45NO2S/c1-55-33-11-10-24-49(55)57-47-34-45-43-20-13-22-46(52(43)58-53(45)50(51(47)55)38-16-6-3-7-17-38)56(39-29-25-36(26-30-39)35-14-4-2-5-15-35)40-31-27-37(28-32-40)41-19-12-21-44-42-18-8-9-23-48(42)59-54(41)44/h2,4-5,8-15,18-33,38,45,49H,3,6-7,16-17,34H2,1H3. The van der Waals surface area contributed by atoms with E-state index in [1.54, 1.807) is 0 Å². The number of hydrogen-bond donors (Lipinski definition) is 0. The summed E-state index contributed by atoms with van der Waals surface area (Å²) in [6.07, 6.45) is 16.1. The summed E-state index contributed by atoms with van der Waals surface area (Å²) in [6.45, 7) is 2.38. The quantitative estimate of drug-likeness (QED) is 0.168. The first-order valence-electron chi connectivity index (χ1n) is 21.4. The minimum absolute atomic E-state index is 0.0319. The number of fused-ring (bicyclic) bond motifs is 8. The van der Waals surface area contributed by atoms with Crippen LogP contribution in [-0.2, 0) is 4.74 Å². The average Bonchev–Trinajstić information content (AvgIpc) is 3.96. The summed E-state index contributed by atoms with van der Waals surface area (Å²) in [6, 6.07) is 51.1. The van der Waals surface area contributed by atoms with Crippen LogP contribution in [0.4, 0.5) is 17.1 Å². The summed E-state index contributed by atoms with van der Waals surface area (Å²) in [5.74, 6) is 3.90. The fourth-order valence-electron chi connectivity index (χ4n) is 10.8. The second-order valence-electron chi connectivity index (χ2n) is 17.1. The lowest BCUT2D eigenvalue weighted by molar-refractivity contribution is 0.123. The maximum absolute atomic E-state index is 7.44. The lowest BCUT2D eigenvalue weighted by Gasteiger charge is -2.36. The molecule has 3 nitrogen and oxygen atoms in total. The predicted octanol–water partition coefficient (Wildman–Crippen LogP) is 15.4. The Morgan fingerprint density at radius 2 is 1.37 bits per heavy atom. The van der Waals surface area contributed by atoms with Crippen molar-refractivity contribution in [2.24, 2.45) is 11.3 Å². The molecule has 6 aromatic carbocycles. The Morgan fingerprint density at radius 1 is 0.661 bits per heavy atom. The zero-order valence-corrected chi connectivity index (χ0v) is 34.1. The number of benzene rings is 6. The molecule has 1 aromatic heterocycles. The van der Waals surface area contributed by atoms with E-state index >= 15 is 0 Å². The van der Waals surface area contributed by atoms with Gasteiger partial charge < -0.3 is 14.4 Å². The van der Waals surface area contributed by atoms with Crippen LogP contribution in [0.25, 0.3) is 42.4 Å². The molecule has 3 atom stereocenters. The van der Waals surface area contributed by atoms with Crippen molar-refractivity contribution in [2.75, 3.05) is 4.90 Å². The molecule has 0 bridgehead atoms. The molecule has 0 spiro atoms. The molecule has 4 heteroatoms. The summed E-state index contributed by atoms with van der Waals surface area (Å²) in [5, 5.41) is 2.64. The normalized spacial score (nSPS) is 21.9. The molecule has 59 heavy (non-hydrogen) atoms. The van der Waals surface area contributed by atoms with Crippen LogP contribution in [0.2, 0.25) is 0 Å². The van der Waals surface area contributed by atoms with Crippen LogP contribution in [0.3, 0.4) is 0 Å². The van der Waals surface area contributed by atoms with Gasteiger partial charge in [0.1, 0.15) is 17.6 Å². The van der Waals surface area contributed by atoms with Gasteiger partial charge in [0.2, 0.25) is 0 Å². The summed E-state index contributed by atoms with van der Waals surface area (Å²) in [5.41, 5.74) is 12.0. The van der Waals surface area contributed by atoms with E-state index in [2.05, 4.69) is 176 Å². The molecule has 2 aliphatic heterocycles. The Hall–Kier alpha value is -6.10. The van der Waals surface area contributed by atoms with E-state index in [-0.39, 0.29) is 17.4 Å². The van der Waals surface area contributed by atoms with Crippen LogP contribution in [0, 0.1) is 11.3 Å². The Bertz CT molecular complexity index is 2910. The number of allylic oxidation sites excluding steroid dienone is 5. The van der Waals surface area contributed by atoms with E-state index in [9.17, 15) is 0 Å². The number of thiophene rings is 1. The third-order valence-electron chi connectivity index (χ3n) is 13.7. The van der Waals surface area contributed by atoms with Crippen molar-refractivity contribution >= 4 is 48.6 Å². The van der Waals surface area contributed by atoms with Gasteiger partial charge in [-0.3, -0.25) is 0 Å². The molecular weight excluding hydrogens is 739 g/mol. The number of rotatable bonds is 6. The van der Waals surface area contributed by atoms with E-state index in [4.69, 9.17) is 9.47 Å². The third kappa shape index (κ3) is 5.53. The molecule has 0 saturated heterocycles. The second-order valence-corrected chi connectivity index (χ2v) is 18.2. The van der Waals surface area contributed by atoms with Crippen LogP contribution in [-0.4, -0.2) is 6.10 Å². The average molecular weight is 784 g/mol. The van der Waals surface area contributed by atoms with Crippen LogP contribution < -0.4 is 9.64 Å². The molecule has 7 aromatic rings. The zero-order valence-electron chi connectivity index (χ0n) is 33.2. The van der Waals surface area contributed by atoms with Crippen LogP contribution in [0.15, 0.2) is 186 Å². The highest BCUT2D eigenvalue weighted by molar-refractivity contribution is 7.26. The number of hydrogen-bond acceptors (Lipinski definition) is 4. The van der Waals surface area contributed by atoms with Crippen molar-refractivity contribution in [3.05, 3.63) is 192 Å². The maximum atomic E-state index is 7.44. The Balaban J connectivity index is 0.989. The summed E-state index contributed by atoms with van der Waals surface area (Å²) < 4.78 is 17.0. The lowest BCUT2D eigenvalue weighted by Crippen LogP contribution is -2.32. The van der Waals surface area contributed by atoms with Crippen LogP contribution in [0.1, 0.15) is 56.9 Å². The zero-order chi connectivity index (χ0) is 39.1. The van der Waals surface area contributed by atoms with Gasteiger partial charge in [0.05, 0.1) is 17.0 Å². The molecule has 5 aliphatic rings. The molecule has 0 N–H and O–H groups in total. The van der Waals surface area contributed by atoms with Crippen molar-refractivity contribution in [2.45, 2.75) is 57.5 Å². The molecule has 1 fully saturated rings. The topological polar surface area (TPSA) is 21.7 Å². The first kappa shape index (κ1) is 34.9. The predicted molar refractivity (Wildman–Crippen MR) is 245 cm³/mol. The monoisotopic (exact) mass is 783 g/mol. The molecule has 3 unspecified atom stereocenters. The minimum Gasteiger partial charge on any atom is -0.489 e. The number of para-hydroxylation sites is 1. The first-order valence-corrected chi connectivity index (χ1v) is 22.2. The van der Waals surface area contributed by atoms with Crippen molar-refractivity contribution in [1.82, 2.24) is 0 Å². The van der Waals surface area contributed by atoms with Gasteiger partial charge in [-0.05, 0) is 90.4 Å². The summed E-state index contributed by atoms with van der Waals surface area (Å²) in [4.78, 5) is 2.40. The molecule has 0 radical (unpaired) electrons. The highest BCUT2D eigenvalue weighted by atomic mass is 32.1. The molecule has 288 valence electrons. The largest absolute Gasteiger partial charge is 0.489 e. The van der Waals surface area contributed by atoms with Gasteiger partial charge in [0, 0.05) is 54.7 Å². The van der Waals surface area contributed by atoms with Crippen LogP contribution in [0.5, 0.6) is 5.75 Å². The maximum Gasteiger partial charge on any atom is 0.154 e. The van der Waals surface area contributed by atoms with E-state index < -0.39 is 0 Å². The first-order chi connectivity index (χ1) is 29.1. The Labute approximate surface area is 350 Å². The van der Waals surface area contributed by atoms with Gasteiger partial charge in [0.15, 0.2) is 5.75 Å². The Kier molecular flexibility index (Phi) is 8.13. The molecule has 3 heterocycles.